The van der Waals surface area contributed by atoms with Crippen molar-refractivity contribution < 1.29 is 14.3 Å². The van der Waals surface area contributed by atoms with Crippen molar-refractivity contribution in [3.05, 3.63) is 32.7 Å². The second-order valence-corrected chi connectivity index (χ2v) is 7.62. The van der Waals surface area contributed by atoms with Gasteiger partial charge >= 0.3 is 5.97 Å². The molecule has 0 aliphatic rings. The van der Waals surface area contributed by atoms with Crippen molar-refractivity contribution in [1.82, 2.24) is 10.3 Å². The van der Waals surface area contributed by atoms with E-state index >= 15 is 0 Å². The molecule has 0 aliphatic carbocycles. The standard InChI is InChI=1S/C21H31N3O4/c1-13(2)7-6-8-14(3)23-19(25)12-28-20(26)10-9-17-15(4)18(11-22)21(27)24-16(17)5/h13-14H,6-10,12H2,1-5H3,(H,23,25)(H,24,27). The van der Waals surface area contributed by atoms with Crippen LogP contribution in [-0.2, 0) is 20.7 Å². The molecule has 1 aromatic rings. The largest absolute Gasteiger partial charge is 0.456 e. The molecule has 0 radical (unpaired) electrons. The zero-order valence-electron chi connectivity index (χ0n) is 17.5. The fourth-order valence-corrected chi connectivity index (χ4v) is 3.09. The zero-order chi connectivity index (χ0) is 21.3. The Labute approximate surface area is 166 Å². The van der Waals surface area contributed by atoms with Crippen molar-refractivity contribution >= 4 is 11.9 Å². The minimum absolute atomic E-state index is 0.0424. The lowest BCUT2D eigenvalue weighted by Crippen LogP contribution is -2.35. The van der Waals surface area contributed by atoms with Gasteiger partial charge in [-0.1, -0.05) is 26.7 Å². The fourth-order valence-electron chi connectivity index (χ4n) is 3.09. The lowest BCUT2D eigenvalue weighted by Gasteiger charge is -2.15. The molecule has 0 saturated heterocycles. The summed E-state index contributed by atoms with van der Waals surface area (Å²) >= 11 is 0. The topological polar surface area (TPSA) is 112 Å². The van der Waals surface area contributed by atoms with Crippen LogP contribution < -0.4 is 10.9 Å². The van der Waals surface area contributed by atoms with Crippen LogP contribution in [0.3, 0.4) is 0 Å². The zero-order valence-corrected chi connectivity index (χ0v) is 17.5. The van der Waals surface area contributed by atoms with E-state index in [1.165, 1.54) is 0 Å². The Balaban J connectivity index is 2.45. The number of nitrogens with one attached hydrogen (secondary N) is 2. The number of amides is 1. The first-order valence-electron chi connectivity index (χ1n) is 9.73. The SMILES string of the molecule is Cc1[nH]c(=O)c(C#N)c(C)c1CCC(=O)OCC(=O)NC(C)CCCC(C)C. The number of carbonyl (C=O) groups is 2. The smallest absolute Gasteiger partial charge is 0.306 e. The molecule has 0 aromatic carbocycles. The summed E-state index contributed by atoms with van der Waals surface area (Å²) in [7, 11) is 0. The van der Waals surface area contributed by atoms with Crippen LogP contribution in [0, 0.1) is 31.1 Å². The van der Waals surface area contributed by atoms with Gasteiger partial charge in [-0.3, -0.25) is 14.4 Å². The average Bonchev–Trinajstić information content (AvgIpc) is 2.59. The van der Waals surface area contributed by atoms with Gasteiger partial charge in [0.2, 0.25) is 0 Å². The average molecular weight is 389 g/mol. The Morgan fingerprint density at radius 1 is 1.21 bits per heavy atom. The molecule has 28 heavy (non-hydrogen) atoms. The van der Waals surface area contributed by atoms with Crippen LogP contribution in [0.5, 0.6) is 0 Å². The molecule has 0 saturated carbocycles. The summed E-state index contributed by atoms with van der Waals surface area (Å²) in [5.41, 5.74) is 1.57. The number of aromatic amines is 1. The summed E-state index contributed by atoms with van der Waals surface area (Å²) in [5, 5.41) is 11.9. The van der Waals surface area contributed by atoms with Crippen molar-refractivity contribution in [2.45, 2.75) is 72.8 Å². The number of nitrogens with zero attached hydrogens (tertiary/aromatic N) is 1. The van der Waals surface area contributed by atoms with Gasteiger partial charge < -0.3 is 15.0 Å². The first-order chi connectivity index (χ1) is 13.1. The maximum absolute atomic E-state index is 12.0. The first-order valence-corrected chi connectivity index (χ1v) is 9.73. The molecule has 0 aliphatic heterocycles. The second kappa shape index (κ2) is 11.3. The number of hydrogen-bond acceptors (Lipinski definition) is 5. The third-order valence-corrected chi connectivity index (χ3v) is 4.69. The quantitative estimate of drug-likeness (QED) is 0.598. The molecule has 1 heterocycles. The van der Waals surface area contributed by atoms with Crippen LogP contribution >= 0.6 is 0 Å². The van der Waals surface area contributed by atoms with Crippen molar-refractivity contribution in [3.63, 3.8) is 0 Å². The summed E-state index contributed by atoms with van der Waals surface area (Å²) in [6, 6.07) is 1.93. The normalized spacial score (nSPS) is 11.8. The van der Waals surface area contributed by atoms with E-state index in [0.717, 1.165) is 24.8 Å². The second-order valence-electron chi connectivity index (χ2n) is 7.62. The van der Waals surface area contributed by atoms with Gasteiger partial charge in [0.05, 0.1) is 0 Å². The predicted molar refractivity (Wildman–Crippen MR) is 107 cm³/mol. The maximum atomic E-state index is 12.0. The highest BCUT2D eigenvalue weighted by molar-refractivity contribution is 5.80. The number of pyridine rings is 1. The van der Waals surface area contributed by atoms with Gasteiger partial charge in [-0.15, -0.1) is 0 Å². The van der Waals surface area contributed by atoms with Gasteiger partial charge in [0.15, 0.2) is 6.61 Å². The third kappa shape index (κ3) is 7.55. The molecule has 0 fully saturated rings. The highest BCUT2D eigenvalue weighted by Crippen LogP contribution is 2.15. The number of nitriles is 1. The van der Waals surface area contributed by atoms with Crippen LogP contribution in [-0.4, -0.2) is 29.5 Å². The molecule has 154 valence electrons. The van der Waals surface area contributed by atoms with E-state index in [4.69, 9.17) is 10.00 Å². The van der Waals surface area contributed by atoms with Gasteiger partial charge in [0, 0.05) is 18.2 Å². The Morgan fingerprint density at radius 3 is 2.50 bits per heavy atom. The molecule has 7 heteroatoms. The van der Waals surface area contributed by atoms with Gasteiger partial charge in [0.25, 0.3) is 11.5 Å². The van der Waals surface area contributed by atoms with Crippen LogP contribution in [0.25, 0.3) is 0 Å². The van der Waals surface area contributed by atoms with Crippen molar-refractivity contribution in [2.24, 2.45) is 5.92 Å². The van der Waals surface area contributed by atoms with E-state index in [9.17, 15) is 14.4 Å². The van der Waals surface area contributed by atoms with E-state index in [2.05, 4.69) is 24.1 Å². The minimum Gasteiger partial charge on any atom is -0.456 e. The molecule has 1 unspecified atom stereocenters. The first kappa shape index (κ1) is 23.4. The molecule has 0 spiro atoms. The number of carbonyl (C=O) groups excluding carboxylic acids is 2. The number of aryl methyl sites for hydroxylation is 1. The Kier molecular flexibility index (Phi) is 9.43. The number of hydrogen-bond donors (Lipinski definition) is 2. The fraction of sp³-hybridized carbons (Fsp3) is 0.619. The van der Waals surface area contributed by atoms with Crippen LogP contribution in [0.1, 0.15) is 68.8 Å². The molecule has 1 rings (SSSR count). The van der Waals surface area contributed by atoms with Crippen LogP contribution in [0.2, 0.25) is 0 Å². The van der Waals surface area contributed by atoms with E-state index < -0.39 is 11.5 Å². The summed E-state index contributed by atoms with van der Waals surface area (Å²) in [6.45, 7) is 9.38. The van der Waals surface area contributed by atoms with E-state index in [0.29, 0.717) is 23.6 Å². The highest BCUT2D eigenvalue weighted by atomic mass is 16.5. The number of esters is 1. The van der Waals surface area contributed by atoms with Crippen molar-refractivity contribution in [2.75, 3.05) is 6.61 Å². The number of rotatable bonds is 10. The number of ether oxygens (including phenoxy) is 1. The Hall–Kier alpha value is -2.62. The third-order valence-electron chi connectivity index (χ3n) is 4.69. The van der Waals surface area contributed by atoms with Gasteiger partial charge in [-0.05, 0) is 50.7 Å². The van der Waals surface area contributed by atoms with Crippen LogP contribution in [0.15, 0.2) is 4.79 Å². The molecule has 0 bridgehead atoms. The lowest BCUT2D eigenvalue weighted by molar-refractivity contribution is -0.148. The molecular formula is C21H31N3O4. The Bertz CT molecular complexity index is 790. The van der Waals surface area contributed by atoms with Gasteiger partial charge in [-0.2, -0.15) is 5.26 Å². The summed E-state index contributed by atoms with van der Waals surface area (Å²) < 4.78 is 5.04. The molecule has 1 aromatic heterocycles. The summed E-state index contributed by atoms with van der Waals surface area (Å²) in [5.74, 6) is -0.164. The monoisotopic (exact) mass is 389 g/mol. The molecule has 1 amide bonds. The van der Waals surface area contributed by atoms with E-state index in [-0.39, 0.29) is 30.5 Å². The predicted octanol–water partition coefficient (Wildman–Crippen LogP) is 2.67. The number of aromatic nitrogens is 1. The molecule has 2 N–H and O–H groups in total. The maximum Gasteiger partial charge on any atom is 0.306 e. The van der Waals surface area contributed by atoms with E-state index in [1.807, 2.05) is 13.0 Å². The van der Waals surface area contributed by atoms with E-state index in [1.54, 1.807) is 13.8 Å². The summed E-state index contributed by atoms with van der Waals surface area (Å²) in [6.07, 6.45) is 3.45. The van der Waals surface area contributed by atoms with Crippen LogP contribution in [0.4, 0.5) is 0 Å². The highest BCUT2D eigenvalue weighted by Gasteiger charge is 2.15. The Morgan fingerprint density at radius 2 is 1.89 bits per heavy atom. The lowest BCUT2D eigenvalue weighted by atomic mass is 9.99. The van der Waals surface area contributed by atoms with Crippen molar-refractivity contribution in [3.8, 4) is 6.07 Å². The summed E-state index contributed by atoms with van der Waals surface area (Å²) in [4.78, 5) is 38.2. The van der Waals surface area contributed by atoms with Gasteiger partial charge in [0.1, 0.15) is 11.6 Å². The number of H-pyrrole nitrogens is 1. The molecule has 1 atom stereocenters. The minimum atomic E-state index is -0.494. The molecular weight excluding hydrogens is 358 g/mol. The van der Waals surface area contributed by atoms with Crippen molar-refractivity contribution in [1.29, 1.82) is 5.26 Å². The van der Waals surface area contributed by atoms with Gasteiger partial charge in [-0.25, -0.2) is 0 Å². The molecule has 7 nitrogen and oxygen atoms in total.